The number of fused-ring (bicyclic) bond motifs is 1. The van der Waals surface area contributed by atoms with Gasteiger partial charge in [0.05, 0.1) is 12.3 Å². The Hall–Kier alpha value is -2.28. The van der Waals surface area contributed by atoms with Crippen LogP contribution in [0.3, 0.4) is 0 Å². The highest BCUT2D eigenvalue weighted by molar-refractivity contribution is 7.10. The third-order valence-electron chi connectivity index (χ3n) is 5.38. The van der Waals surface area contributed by atoms with Crippen LogP contribution in [-0.4, -0.2) is 41.2 Å². The Balaban J connectivity index is 1.64. The van der Waals surface area contributed by atoms with Crippen molar-refractivity contribution in [2.45, 2.75) is 25.8 Å². The maximum absolute atomic E-state index is 13.5. The molecule has 1 aromatic carbocycles. The molecular weight excluding hydrogens is 455 g/mol. The van der Waals surface area contributed by atoms with Gasteiger partial charge in [0.2, 0.25) is 5.91 Å². The highest BCUT2D eigenvalue weighted by Gasteiger charge is 2.35. The van der Waals surface area contributed by atoms with Crippen LogP contribution in [-0.2, 0) is 11.2 Å². The van der Waals surface area contributed by atoms with E-state index in [1.807, 2.05) is 29.3 Å². The number of carbonyl (C=O) groups is 2. The number of hydrogen-bond donors (Lipinski definition) is 0. The lowest BCUT2D eigenvalue weighted by molar-refractivity contribution is -0.134. The number of hydrogen-bond acceptors (Lipinski definition) is 4. The van der Waals surface area contributed by atoms with Gasteiger partial charge in [-0.3, -0.25) is 9.59 Å². The molecule has 8 heteroatoms. The van der Waals surface area contributed by atoms with Crippen LogP contribution >= 0.6 is 34.5 Å². The van der Waals surface area contributed by atoms with Crippen molar-refractivity contribution in [2.75, 3.05) is 19.6 Å². The van der Waals surface area contributed by atoms with Crippen LogP contribution < -0.4 is 0 Å². The van der Waals surface area contributed by atoms with E-state index >= 15 is 0 Å². The van der Waals surface area contributed by atoms with Gasteiger partial charge in [-0.25, -0.2) is 0 Å². The minimum Gasteiger partial charge on any atom is -0.459 e. The summed E-state index contributed by atoms with van der Waals surface area (Å²) in [7, 11) is 0. The lowest BCUT2D eigenvalue weighted by atomic mass is 9.93. The molecule has 0 radical (unpaired) electrons. The molecule has 4 rings (SSSR count). The summed E-state index contributed by atoms with van der Waals surface area (Å²) >= 11 is 14.3. The van der Waals surface area contributed by atoms with E-state index in [2.05, 4.69) is 0 Å². The number of rotatable bonds is 6. The smallest absolute Gasteiger partial charge is 0.290 e. The van der Waals surface area contributed by atoms with Crippen LogP contribution in [0.25, 0.3) is 0 Å². The van der Waals surface area contributed by atoms with Gasteiger partial charge in [-0.2, -0.15) is 0 Å². The van der Waals surface area contributed by atoms with Crippen LogP contribution in [0.15, 0.2) is 52.5 Å². The zero-order valence-electron chi connectivity index (χ0n) is 17.0. The Morgan fingerprint density at radius 2 is 2.06 bits per heavy atom. The molecule has 0 saturated carbocycles. The molecule has 1 unspecified atom stereocenters. The summed E-state index contributed by atoms with van der Waals surface area (Å²) in [5, 5.41) is 3.11. The van der Waals surface area contributed by atoms with Crippen molar-refractivity contribution >= 4 is 46.4 Å². The molecule has 3 aromatic rings. The topological polar surface area (TPSA) is 53.8 Å². The van der Waals surface area contributed by atoms with Gasteiger partial charge in [0.15, 0.2) is 5.76 Å². The number of furan rings is 1. The van der Waals surface area contributed by atoms with Crippen molar-refractivity contribution in [3.63, 3.8) is 0 Å². The first-order valence-electron chi connectivity index (χ1n) is 10.1. The monoisotopic (exact) mass is 476 g/mol. The van der Waals surface area contributed by atoms with Crippen LogP contribution in [0, 0.1) is 0 Å². The van der Waals surface area contributed by atoms with E-state index in [1.54, 1.807) is 40.5 Å². The van der Waals surface area contributed by atoms with Crippen LogP contribution in [0.1, 0.15) is 45.9 Å². The van der Waals surface area contributed by atoms with Gasteiger partial charge in [0, 0.05) is 28.0 Å². The summed E-state index contributed by atoms with van der Waals surface area (Å²) in [5.41, 5.74) is 1.91. The normalized spacial score (nSPS) is 15.6. The Bertz CT molecular complexity index is 1080. The van der Waals surface area contributed by atoms with Gasteiger partial charge in [-0.1, -0.05) is 36.2 Å². The first kappa shape index (κ1) is 21.9. The minimum absolute atomic E-state index is 0.0193. The molecule has 1 aliphatic heterocycles. The summed E-state index contributed by atoms with van der Waals surface area (Å²) in [6.45, 7) is 2.98. The van der Waals surface area contributed by atoms with Crippen molar-refractivity contribution < 1.29 is 14.0 Å². The van der Waals surface area contributed by atoms with E-state index < -0.39 is 0 Å². The van der Waals surface area contributed by atoms with Crippen molar-refractivity contribution in [1.82, 2.24) is 9.80 Å². The van der Waals surface area contributed by atoms with Gasteiger partial charge in [0.25, 0.3) is 5.91 Å². The van der Waals surface area contributed by atoms with Crippen LogP contribution in [0.5, 0.6) is 0 Å². The van der Waals surface area contributed by atoms with Crippen molar-refractivity contribution in [2.24, 2.45) is 0 Å². The molecule has 0 fully saturated rings. The summed E-state index contributed by atoms with van der Waals surface area (Å²) in [4.78, 5) is 30.9. The first-order chi connectivity index (χ1) is 15.0. The Labute approximate surface area is 195 Å². The molecule has 2 amide bonds. The predicted octanol–water partition coefficient (Wildman–Crippen LogP) is 5.67. The van der Waals surface area contributed by atoms with Gasteiger partial charge >= 0.3 is 0 Å². The molecule has 5 nitrogen and oxygen atoms in total. The molecule has 0 saturated heterocycles. The highest BCUT2D eigenvalue weighted by Crippen LogP contribution is 2.41. The second-order valence-electron chi connectivity index (χ2n) is 7.41. The van der Waals surface area contributed by atoms with E-state index in [0.717, 1.165) is 24.0 Å². The molecule has 31 heavy (non-hydrogen) atoms. The standard InChI is InChI=1S/C23H22Cl2N2O3S/c1-2-9-26(23(29)19-4-3-11-30-19)14-21(28)27-10-7-20-17(8-12-31-20)22(27)16-6-5-15(24)13-18(16)25/h3-6,8,11-13,22H,2,7,9-10,14H2,1H3. The summed E-state index contributed by atoms with van der Waals surface area (Å²) in [6.07, 6.45) is 2.97. The highest BCUT2D eigenvalue weighted by atomic mass is 35.5. The van der Waals surface area contributed by atoms with Gasteiger partial charge in [0.1, 0.15) is 6.54 Å². The van der Waals surface area contributed by atoms with Gasteiger partial charge in [-0.15, -0.1) is 11.3 Å². The zero-order valence-corrected chi connectivity index (χ0v) is 19.3. The Morgan fingerprint density at radius 1 is 1.23 bits per heavy atom. The Morgan fingerprint density at radius 3 is 2.77 bits per heavy atom. The molecule has 1 aliphatic rings. The summed E-state index contributed by atoms with van der Waals surface area (Å²) < 4.78 is 5.26. The van der Waals surface area contributed by atoms with Crippen molar-refractivity contribution in [1.29, 1.82) is 0 Å². The quantitative estimate of drug-likeness (QED) is 0.460. The van der Waals surface area contributed by atoms with E-state index in [9.17, 15) is 9.59 Å². The predicted molar refractivity (Wildman–Crippen MR) is 123 cm³/mol. The molecule has 2 aromatic heterocycles. The van der Waals surface area contributed by atoms with E-state index in [-0.39, 0.29) is 30.2 Å². The molecule has 0 bridgehead atoms. The molecule has 0 aliphatic carbocycles. The number of nitrogens with zero attached hydrogens (tertiary/aromatic N) is 2. The summed E-state index contributed by atoms with van der Waals surface area (Å²) in [6, 6.07) is 10.4. The third-order valence-corrected chi connectivity index (χ3v) is 6.94. The van der Waals surface area contributed by atoms with E-state index in [0.29, 0.717) is 23.1 Å². The zero-order chi connectivity index (χ0) is 22.0. The Kier molecular flexibility index (Phi) is 6.70. The average molecular weight is 477 g/mol. The maximum atomic E-state index is 13.5. The minimum atomic E-state index is -0.311. The fourth-order valence-corrected chi connectivity index (χ4v) is 5.39. The first-order valence-corrected chi connectivity index (χ1v) is 11.8. The SMILES string of the molecule is CCCN(CC(=O)N1CCc2sccc2C1c1ccc(Cl)cc1Cl)C(=O)c1ccco1. The lowest BCUT2D eigenvalue weighted by Crippen LogP contribution is -2.47. The average Bonchev–Trinajstić information content (AvgIpc) is 3.44. The van der Waals surface area contributed by atoms with Crippen molar-refractivity contribution in [3.05, 3.63) is 79.9 Å². The second-order valence-corrected chi connectivity index (χ2v) is 9.25. The number of benzene rings is 1. The van der Waals surface area contributed by atoms with E-state index in [4.69, 9.17) is 27.6 Å². The second kappa shape index (κ2) is 9.47. The van der Waals surface area contributed by atoms with E-state index in [1.165, 1.54) is 11.1 Å². The molecule has 0 N–H and O–H groups in total. The van der Waals surface area contributed by atoms with Crippen LogP contribution in [0.2, 0.25) is 10.0 Å². The summed E-state index contributed by atoms with van der Waals surface area (Å²) in [5.74, 6) is -0.173. The number of amides is 2. The largest absolute Gasteiger partial charge is 0.459 e. The number of thiophene rings is 1. The number of halogens is 2. The third kappa shape index (κ3) is 4.52. The van der Waals surface area contributed by atoms with Crippen LogP contribution in [0.4, 0.5) is 0 Å². The molecule has 1 atom stereocenters. The fraction of sp³-hybridized carbons (Fsp3) is 0.304. The molecule has 162 valence electrons. The number of carbonyl (C=O) groups excluding carboxylic acids is 2. The van der Waals surface area contributed by atoms with Gasteiger partial charge < -0.3 is 14.2 Å². The van der Waals surface area contributed by atoms with Crippen molar-refractivity contribution in [3.8, 4) is 0 Å². The maximum Gasteiger partial charge on any atom is 0.290 e. The van der Waals surface area contributed by atoms with Gasteiger partial charge in [-0.05, 0) is 59.7 Å². The molecule has 0 spiro atoms. The fourth-order valence-electron chi connectivity index (χ4n) is 3.98. The molecule has 3 heterocycles. The lowest BCUT2D eigenvalue weighted by Gasteiger charge is -2.38. The molecular formula is C23H22Cl2N2O3S.